The van der Waals surface area contributed by atoms with Gasteiger partial charge in [-0.1, -0.05) is 35.9 Å². The summed E-state index contributed by atoms with van der Waals surface area (Å²) in [5, 5.41) is 6.35. The number of benzene rings is 2. The molecule has 2 aromatic carbocycles. The molecule has 0 aliphatic heterocycles. The predicted molar refractivity (Wildman–Crippen MR) is 92.5 cm³/mol. The molecule has 1 amide bonds. The molecular formula is C18H20ClFN2O. The van der Waals surface area contributed by atoms with Gasteiger partial charge in [0.15, 0.2) is 0 Å². The van der Waals surface area contributed by atoms with E-state index in [-0.39, 0.29) is 18.3 Å². The normalized spacial score (nSPS) is 10.6. The molecule has 0 heterocycles. The molecule has 0 atom stereocenters. The molecule has 0 bridgehead atoms. The Morgan fingerprint density at radius 3 is 2.65 bits per heavy atom. The zero-order valence-corrected chi connectivity index (χ0v) is 14.0. The van der Waals surface area contributed by atoms with Crippen LogP contribution in [0.1, 0.15) is 16.7 Å². The SMILES string of the molecule is Cc1cc(C)c(NC(=O)CNCCc2ccccc2F)c(Cl)c1. The van der Waals surface area contributed by atoms with E-state index in [1.54, 1.807) is 18.2 Å². The fourth-order valence-electron chi connectivity index (χ4n) is 2.38. The average Bonchev–Trinajstić information content (AvgIpc) is 2.49. The Morgan fingerprint density at radius 2 is 1.96 bits per heavy atom. The summed E-state index contributed by atoms with van der Waals surface area (Å²) in [6.07, 6.45) is 0.532. The third-order valence-corrected chi connectivity index (χ3v) is 3.81. The van der Waals surface area contributed by atoms with Crippen LogP contribution < -0.4 is 10.6 Å². The molecule has 2 rings (SSSR count). The molecule has 2 N–H and O–H groups in total. The lowest BCUT2D eigenvalue weighted by Gasteiger charge is -2.12. The van der Waals surface area contributed by atoms with Gasteiger partial charge in [-0.15, -0.1) is 0 Å². The summed E-state index contributed by atoms with van der Waals surface area (Å²) >= 11 is 6.16. The van der Waals surface area contributed by atoms with E-state index < -0.39 is 0 Å². The third-order valence-electron chi connectivity index (χ3n) is 3.51. The van der Waals surface area contributed by atoms with Gasteiger partial charge in [0.2, 0.25) is 5.91 Å². The first-order valence-corrected chi connectivity index (χ1v) is 7.86. The van der Waals surface area contributed by atoms with E-state index in [2.05, 4.69) is 10.6 Å². The summed E-state index contributed by atoms with van der Waals surface area (Å²) < 4.78 is 13.5. The molecule has 122 valence electrons. The zero-order valence-electron chi connectivity index (χ0n) is 13.2. The lowest BCUT2D eigenvalue weighted by Crippen LogP contribution is -2.30. The van der Waals surface area contributed by atoms with Gasteiger partial charge in [-0.2, -0.15) is 0 Å². The van der Waals surface area contributed by atoms with Gasteiger partial charge < -0.3 is 10.6 Å². The zero-order chi connectivity index (χ0) is 16.8. The molecule has 0 spiro atoms. The Morgan fingerprint density at radius 1 is 1.22 bits per heavy atom. The maximum absolute atomic E-state index is 13.5. The summed E-state index contributed by atoms with van der Waals surface area (Å²) in [5.41, 5.74) is 3.25. The van der Waals surface area contributed by atoms with Crippen molar-refractivity contribution in [1.82, 2.24) is 5.32 Å². The average molecular weight is 335 g/mol. The van der Waals surface area contributed by atoms with Gasteiger partial charge in [0, 0.05) is 0 Å². The van der Waals surface area contributed by atoms with Crippen LogP contribution in [0.4, 0.5) is 10.1 Å². The van der Waals surface area contributed by atoms with E-state index in [0.29, 0.717) is 29.2 Å². The molecule has 0 unspecified atom stereocenters. The van der Waals surface area contributed by atoms with Gasteiger partial charge >= 0.3 is 0 Å². The van der Waals surface area contributed by atoms with Gasteiger partial charge in [0.05, 0.1) is 17.3 Å². The number of carbonyl (C=O) groups excluding carboxylic acids is 1. The number of hydrogen-bond donors (Lipinski definition) is 2. The predicted octanol–water partition coefficient (Wildman–Crippen LogP) is 3.87. The lowest BCUT2D eigenvalue weighted by atomic mass is 10.1. The molecule has 0 saturated heterocycles. The van der Waals surface area contributed by atoms with Gasteiger partial charge in [-0.25, -0.2) is 4.39 Å². The number of amides is 1. The van der Waals surface area contributed by atoms with Crippen molar-refractivity contribution >= 4 is 23.2 Å². The van der Waals surface area contributed by atoms with Crippen LogP contribution in [0.5, 0.6) is 0 Å². The van der Waals surface area contributed by atoms with E-state index in [1.165, 1.54) is 6.07 Å². The molecule has 23 heavy (non-hydrogen) atoms. The topological polar surface area (TPSA) is 41.1 Å². The fraction of sp³-hybridized carbons (Fsp3) is 0.278. The molecular weight excluding hydrogens is 315 g/mol. The number of aryl methyl sites for hydroxylation is 2. The Bertz CT molecular complexity index is 680. The van der Waals surface area contributed by atoms with E-state index >= 15 is 0 Å². The molecule has 0 aliphatic rings. The van der Waals surface area contributed by atoms with Crippen molar-refractivity contribution in [1.29, 1.82) is 0 Å². The van der Waals surface area contributed by atoms with Crippen molar-refractivity contribution in [2.45, 2.75) is 20.3 Å². The minimum Gasteiger partial charge on any atom is -0.323 e. The van der Waals surface area contributed by atoms with Gasteiger partial charge in [-0.05, 0) is 55.6 Å². The molecule has 0 aliphatic carbocycles. The number of rotatable bonds is 6. The lowest BCUT2D eigenvalue weighted by molar-refractivity contribution is -0.115. The number of anilines is 1. The quantitative estimate of drug-likeness (QED) is 0.787. The fourth-order valence-corrected chi connectivity index (χ4v) is 2.75. The summed E-state index contributed by atoms with van der Waals surface area (Å²) in [4.78, 5) is 12.0. The third kappa shape index (κ3) is 5.05. The van der Waals surface area contributed by atoms with Crippen LogP contribution in [0.15, 0.2) is 36.4 Å². The highest BCUT2D eigenvalue weighted by molar-refractivity contribution is 6.34. The summed E-state index contributed by atoms with van der Waals surface area (Å²) in [5.74, 6) is -0.395. The number of nitrogens with one attached hydrogen (secondary N) is 2. The minimum atomic E-state index is -0.221. The Balaban J connectivity index is 1.81. The Kier molecular flexibility index (Phi) is 6.13. The maximum atomic E-state index is 13.5. The highest BCUT2D eigenvalue weighted by atomic mass is 35.5. The largest absolute Gasteiger partial charge is 0.323 e. The maximum Gasteiger partial charge on any atom is 0.238 e. The van der Waals surface area contributed by atoms with Crippen LogP contribution in [-0.2, 0) is 11.2 Å². The second kappa shape index (κ2) is 8.09. The molecule has 5 heteroatoms. The van der Waals surface area contributed by atoms with Crippen LogP contribution in [0.2, 0.25) is 5.02 Å². The Hall–Kier alpha value is -1.91. The summed E-state index contributed by atoms with van der Waals surface area (Å²) in [6.45, 7) is 4.53. The molecule has 3 nitrogen and oxygen atoms in total. The van der Waals surface area contributed by atoms with Gasteiger partial charge in [0.25, 0.3) is 0 Å². The first-order valence-electron chi connectivity index (χ1n) is 7.48. The molecule has 0 fully saturated rings. The van der Waals surface area contributed by atoms with Gasteiger partial charge in [0.1, 0.15) is 5.82 Å². The standard InChI is InChI=1S/C18H20ClFN2O/c1-12-9-13(2)18(15(19)10-12)22-17(23)11-21-8-7-14-5-3-4-6-16(14)20/h3-6,9-10,21H,7-8,11H2,1-2H3,(H,22,23). The highest BCUT2D eigenvalue weighted by Gasteiger charge is 2.09. The van der Waals surface area contributed by atoms with E-state index in [4.69, 9.17) is 11.6 Å². The smallest absolute Gasteiger partial charge is 0.238 e. The first kappa shape index (κ1) is 17.4. The number of carbonyl (C=O) groups is 1. The van der Waals surface area contributed by atoms with Crippen LogP contribution in [0, 0.1) is 19.7 Å². The molecule has 0 radical (unpaired) electrons. The monoisotopic (exact) mass is 334 g/mol. The second-order valence-electron chi connectivity index (χ2n) is 5.51. The van der Waals surface area contributed by atoms with Crippen molar-refractivity contribution in [2.24, 2.45) is 0 Å². The van der Waals surface area contributed by atoms with E-state index in [0.717, 1.165) is 11.1 Å². The van der Waals surface area contributed by atoms with Crippen molar-refractivity contribution < 1.29 is 9.18 Å². The van der Waals surface area contributed by atoms with Crippen LogP contribution in [-0.4, -0.2) is 19.0 Å². The first-order chi connectivity index (χ1) is 11.0. The molecule has 2 aromatic rings. The minimum absolute atomic E-state index is 0.151. The number of halogens is 2. The number of hydrogen-bond acceptors (Lipinski definition) is 2. The summed E-state index contributed by atoms with van der Waals surface area (Å²) in [7, 11) is 0. The van der Waals surface area contributed by atoms with Crippen molar-refractivity contribution in [3.05, 3.63) is 63.9 Å². The van der Waals surface area contributed by atoms with Crippen LogP contribution in [0.25, 0.3) is 0 Å². The Labute approximate surface area is 140 Å². The van der Waals surface area contributed by atoms with Crippen molar-refractivity contribution in [3.63, 3.8) is 0 Å². The summed E-state index contributed by atoms with van der Waals surface area (Å²) in [6, 6.07) is 10.4. The van der Waals surface area contributed by atoms with Crippen molar-refractivity contribution in [2.75, 3.05) is 18.4 Å². The second-order valence-corrected chi connectivity index (χ2v) is 5.91. The van der Waals surface area contributed by atoms with Crippen LogP contribution >= 0.6 is 11.6 Å². The molecule has 0 aromatic heterocycles. The van der Waals surface area contributed by atoms with Crippen LogP contribution in [0.3, 0.4) is 0 Å². The van der Waals surface area contributed by atoms with Gasteiger partial charge in [-0.3, -0.25) is 4.79 Å². The van der Waals surface area contributed by atoms with E-state index in [1.807, 2.05) is 26.0 Å². The van der Waals surface area contributed by atoms with E-state index in [9.17, 15) is 9.18 Å². The highest BCUT2D eigenvalue weighted by Crippen LogP contribution is 2.27. The van der Waals surface area contributed by atoms with Crippen molar-refractivity contribution in [3.8, 4) is 0 Å². The molecule has 0 saturated carbocycles.